The summed E-state index contributed by atoms with van der Waals surface area (Å²) in [6.45, 7) is 3.64. The molecule has 0 bridgehead atoms. The highest BCUT2D eigenvalue weighted by Gasteiger charge is 2.17. The Morgan fingerprint density at radius 1 is 1.37 bits per heavy atom. The predicted molar refractivity (Wildman–Crippen MR) is 71.8 cm³/mol. The number of rotatable bonds is 3. The quantitative estimate of drug-likeness (QED) is 0.584. The van der Waals surface area contributed by atoms with E-state index in [1.54, 1.807) is 19.1 Å². The molecule has 0 radical (unpaired) electrons. The van der Waals surface area contributed by atoms with E-state index in [4.69, 9.17) is 10.2 Å². The van der Waals surface area contributed by atoms with Crippen molar-refractivity contribution in [3.63, 3.8) is 0 Å². The molecule has 0 aliphatic carbocycles. The number of para-hydroxylation sites is 1. The zero-order valence-corrected chi connectivity index (χ0v) is 10.8. The van der Waals surface area contributed by atoms with Gasteiger partial charge < -0.3 is 20.6 Å². The van der Waals surface area contributed by atoms with E-state index >= 15 is 0 Å². The van der Waals surface area contributed by atoms with E-state index in [2.05, 4.69) is 5.32 Å². The second-order valence-electron chi connectivity index (χ2n) is 4.39. The molecule has 100 valence electrons. The van der Waals surface area contributed by atoms with Gasteiger partial charge in [0.15, 0.2) is 5.75 Å². The van der Waals surface area contributed by atoms with Crippen LogP contribution >= 0.6 is 0 Å². The normalized spacial score (nSPS) is 12.1. The lowest BCUT2D eigenvalue weighted by Crippen LogP contribution is -2.26. The Morgan fingerprint density at radius 3 is 2.74 bits per heavy atom. The summed E-state index contributed by atoms with van der Waals surface area (Å²) in [6.07, 6.45) is 0. The lowest BCUT2D eigenvalue weighted by Gasteiger charge is -2.12. The summed E-state index contributed by atoms with van der Waals surface area (Å²) >= 11 is 0. The maximum Gasteiger partial charge on any atom is 0.255 e. The van der Waals surface area contributed by atoms with Crippen LogP contribution in [-0.2, 0) is 0 Å². The van der Waals surface area contributed by atoms with E-state index in [-0.39, 0.29) is 23.0 Å². The molecule has 2 rings (SSSR count). The number of phenols is 1. The molecule has 1 amide bonds. The second-order valence-corrected chi connectivity index (χ2v) is 4.39. The van der Waals surface area contributed by atoms with Gasteiger partial charge in [0.25, 0.3) is 5.91 Å². The lowest BCUT2D eigenvalue weighted by atomic mass is 10.1. The van der Waals surface area contributed by atoms with Crippen molar-refractivity contribution in [1.82, 2.24) is 5.32 Å². The van der Waals surface area contributed by atoms with Crippen molar-refractivity contribution in [1.29, 1.82) is 0 Å². The Kier molecular flexibility index (Phi) is 3.46. The van der Waals surface area contributed by atoms with Crippen molar-refractivity contribution < 1.29 is 14.3 Å². The van der Waals surface area contributed by atoms with Crippen molar-refractivity contribution in [3.8, 4) is 5.75 Å². The van der Waals surface area contributed by atoms with Crippen LogP contribution in [0.2, 0.25) is 0 Å². The molecule has 1 aromatic carbocycles. The number of anilines is 1. The summed E-state index contributed by atoms with van der Waals surface area (Å²) in [7, 11) is 0. The monoisotopic (exact) mass is 260 g/mol. The standard InChI is InChI=1S/C14H16N2O3/c1-8-6-7-12(19-8)9(2)16-14(18)10-4-3-5-11(15)13(10)17/h3-7,9,17H,15H2,1-2H3,(H,16,18). The predicted octanol–water partition coefficient (Wildman–Crippen LogP) is 2.37. The lowest BCUT2D eigenvalue weighted by molar-refractivity contribution is 0.0932. The largest absolute Gasteiger partial charge is 0.505 e. The third kappa shape index (κ3) is 2.70. The molecule has 1 aromatic heterocycles. The number of amides is 1. The van der Waals surface area contributed by atoms with E-state index in [1.165, 1.54) is 12.1 Å². The number of nitrogens with one attached hydrogen (secondary N) is 1. The minimum absolute atomic E-state index is 0.148. The van der Waals surface area contributed by atoms with Crippen molar-refractivity contribution >= 4 is 11.6 Å². The smallest absolute Gasteiger partial charge is 0.255 e. The van der Waals surface area contributed by atoms with Gasteiger partial charge in [0.2, 0.25) is 0 Å². The third-order valence-electron chi connectivity index (χ3n) is 2.85. The van der Waals surface area contributed by atoms with Crippen LogP contribution in [0.3, 0.4) is 0 Å². The number of furan rings is 1. The molecule has 0 saturated carbocycles. The molecule has 5 heteroatoms. The van der Waals surface area contributed by atoms with E-state index in [0.29, 0.717) is 5.76 Å². The fraction of sp³-hybridized carbons (Fsp3) is 0.214. The van der Waals surface area contributed by atoms with Gasteiger partial charge in [0, 0.05) is 0 Å². The number of hydrogen-bond acceptors (Lipinski definition) is 4. The minimum Gasteiger partial charge on any atom is -0.505 e. The van der Waals surface area contributed by atoms with Crippen molar-refractivity contribution in [2.24, 2.45) is 0 Å². The highest BCUT2D eigenvalue weighted by molar-refractivity contribution is 5.98. The van der Waals surface area contributed by atoms with Gasteiger partial charge in [-0.2, -0.15) is 0 Å². The molecule has 0 spiro atoms. The molecule has 2 aromatic rings. The van der Waals surface area contributed by atoms with Crippen molar-refractivity contribution in [2.75, 3.05) is 5.73 Å². The van der Waals surface area contributed by atoms with Crippen LogP contribution in [0.25, 0.3) is 0 Å². The third-order valence-corrected chi connectivity index (χ3v) is 2.85. The van der Waals surface area contributed by atoms with Crippen molar-refractivity contribution in [3.05, 3.63) is 47.4 Å². The molecule has 1 unspecified atom stereocenters. The van der Waals surface area contributed by atoms with Gasteiger partial charge in [-0.05, 0) is 38.1 Å². The highest BCUT2D eigenvalue weighted by Crippen LogP contribution is 2.25. The Hall–Kier alpha value is -2.43. The first-order valence-corrected chi connectivity index (χ1v) is 5.93. The van der Waals surface area contributed by atoms with Gasteiger partial charge in [0.05, 0.1) is 17.3 Å². The summed E-state index contributed by atoms with van der Waals surface area (Å²) in [5.41, 5.74) is 5.88. The topological polar surface area (TPSA) is 88.5 Å². The Labute approximate surface area is 111 Å². The van der Waals surface area contributed by atoms with Crippen LogP contribution in [0.4, 0.5) is 5.69 Å². The molecule has 0 saturated heterocycles. The zero-order chi connectivity index (χ0) is 14.0. The van der Waals surface area contributed by atoms with Crippen LogP contribution in [0.5, 0.6) is 5.75 Å². The van der Waals surface area contributed by atoms with Gasteiger partial charge in [-0.25, -0.2) is 0 Å². The first-order chi connectivity index (χ1) is 8.99. The highest BCUT2D eigenvalue weighted by atomic mass is 16.3. The first kappa shape index (κ1) is 13.0. The number of aromatic hydroxyl groups is 1. The van der Waals surface area contributed by atoms with Crippen LogP contribution in [0.15, 0.2) is 34.7 Å². The van der Waals surface area contributed by atoms with Crippen LogP contribution in [-0.4, -0.2) is 11.0 Å². The fourth-order valence-electron chi connectivity index (χ4n) is 1.78. The van der Waals surface area contributed by atoms with E-state index in [1.807, 2.05) is 13.0 Å². The molecular formula is C14H16N2O3. The van der Waals surface area contributed by atoms with Crippen LogP contribution < -0.4 is 11.1 Å². The molecule has 0 fully saturated rings. The number of nitrogens with two attached hydrogens (primary N) is 1. The summed E-state index contributed by atoms with van der Waals surface area (Å²) in [4.78, 5) is 12.0. The van der Waals surface area contributed by atoms with E-state index in [9.17, 15) is 9.90 Å². The number of benzene rings is 1. The molecule has 19 heavy (non-hydrogen) atoms. The maximum atomic E-state index is 12.0. The van der Waals surface area contributed by atoms with Crippen LogP contribution in [0.1, 0.15) is 34.8 Å². The second kappa shape index (κ2) is 5.06. The molecule has 1 heterocycles. The van der Waals surface area contributed by atoms with Crippen molar-refractivity contribution in [2.45, 2.75) is 19.9 Å². The summed E-state index contributed by atoms with van der Waals surface area (Å²) in [6, 6.07) is 8.01. The molecule has 5 nitrogen and oxygen atoms in total. The maximum absolute atomic E-state index is 12.0. The number of carbonyl (C=O) groups excluding carboxylic acids is 1. The van der Waals surface area contributed by atoms with Crippen LogP contribution in [0, 0.1) is 6.92 Å². The van der Waals surface area contributed by atoms with Gasteiger partial charge in [-0.15, -0.1) is 0 Å². The molecule has 1 atom stereocenters. The average Bonchev–Trinajstić information content (AvgIpc) is 2.79. The van der Waals surface area contributed by atoms with Gasteiger partial charge >= 0.3 is 0 Å². The average molecular weight is 260 g/mol. The summed E-state index contributed by atoms with van der Waals surface area (Å²) in [5, 5.41) is 12.5. The van der Waals surface area contributed by atoms with E-state index in [0.717, 1.165) is 5.76 Å². The zero-order valence-electron chi connectivity index (χ0n) is 10.8. The van der Waals surface area contributed by atoms with Gasteiger partial charge in [-0.3, -0.25) is 4.79 Å². The van der Waals surface area contributed by atoms with E-state index < -0.39 is 5.91 Å². The first-order valence-electron chi connectivity index (χ1n) is 5.93. The Morgan fingerprint density at radius 2 is 2.11 bits per heavy atom. The number of phenolic OH excluding ortho intramolecular Hbond substituents is 1. The molecule has 0 aliphatic heterocycles. The minimum atomic E-state index is -0.397. The fourth-order valence-corrected chi connectivity index (χ4v) is 1.78. The Bertz CT molecular complexity index is 604. The number of hydrogen-bond donors (Lipinski definition) is 3. The molecular weight excluding hydrogens is 244 g/mol. The van der Waals surface area contributed by atoms with Gasteiger partial charge in [0.1, 0.15) is 11.5 Å². The Balaban J connectivity index is 2.15. The number of nitrogen functional groups attached to an aromatic ring is 1. The summed E-state index contributed by atoms with van der Waals surface area (Å²) in [5.74, 6) is 0.839. The molecule has 0 aliphatic rings. The number of carbonyl (C=O) groups is 1. The summed E-state index contributed by atoms with van der Waals surface area (Å²) < 4.78 is 5.43. The molecule has 4 N–H and O–H groups in total. The SMILES string of the molecule is Cc1ccc(C(C)NC(=O)c2cccc(N)c2O)o1. The number of aryl methyl sites for hydroxylation is 1. The van der Waals surface area contributed by atoms with Gasteiger partial charge in [-0.1, -0.05) is 6.07 Å².